The maximum atomic E-state index is 11.2. The first-order chi connectivity index (χ1) is 9.88. The van der Waals surface area contributed by atoms with Crippen molar-refractivity contribution in [3.8, 4) is 0 Å². The van der Waals surface area contributed by atoms with Crippen molar-refractivity contribution in [1.29, 1.82) is 0 Å². The number of hydrogen-bond acceptors (Lipinski definition) is 5. The van der Waals surface area contributed by atoms with Crippen LogP contribution < -0.4 is 10.6 Å². The van der Waals surface area contributed by atoms with Crippen LogP contribution in [-0.2, 0) is 10.0 Å². The van der Waals surface area contributed by atoms with Gasteiger partial charge >= 0.3 is 0 Å². The summed E-state index contributed by atoms with van der Waals surface area (Å²) >= 11 is 3.28. The zero-order valence-corrected chi connectivity index (χ0v) is 13.5. The van der Waals surface area contributed by atoms with Crippen LogP contribution in [0, 0.1) is 0 Å². The second-order valence-corrected chi connectivity index (χ2v) is 6.65. The molecular weight excluding hydrogens is 356 g/mol. The van der Waals surface area contributed by atoms with Crippen molar-refractivity contribution in [2.75, 3.05) is 5.43 Å². The van der Waals surface area contributed by atoms with Gasteiger partial charge in [-0.2, -0.15) is 5.10 Å². The predicted octanol–water partition coefficient (Wildman–Crippen LogP) is 2.33. The van der Waals surface area contributed by atoms with Crippen LogP contribution in [0.3, 0.4) is 0 Å². The topological polar surface area (TPSA) is 97.4 Å². The molecule has 6 nitrogen and oxygen atoms in total. The molecule has 21 heavy (non-hydrogen) atoms. The number of aromatic nitrogens is 1. The first kappa shape index (κ1) is 15.6. The van der Waals surface area contributed by atoms with E-state index in [4.69, 9.17) is 5.14 Å². The molecule has 0 unspecified atom stereocenters. The first-order valence-electron chi connectivity index (χ1n) is 5.91. The van der Waals surface area contributed by atoms with Crippen molar-refractivity contribution in [1.82, 2.24) is 4.98 Å². The molecule has 8 heteroatoms. The molecule has 0 fully saturated rings. The van der Waals surface area contributed by atoms with Gasteiger partial charge in [0.15, 0.2) is 0 Å². The summed E-state index contributed by atoms with van der Waals surface area (Å²) in [6.07, 6.45) is 3.40. The van der Waals surface area contributed by atoms with E-state index >= 15 is 0 Å². The van der Waals surface area contributed by atoms with Crippen LogP contribution in [0.5, 0.6) is 0 Å². The van der Waals surface area contributed by atoms with Gasteiger partial charge in [0.1, 0.15) is 0 Å². The SMILES string of the molecule is C/C(=N\Nc1ccc(S(N)(=O)=O)cc1Br)c1cccnc1. The van der Waals surface area contributed by atoms with Crippen LogP contribution in [0.1, 0.15) is 12.5 Å². The fourth-order valence-electron chi connectivity index (χ4n) is 1.55. The molecule has 0 amide bonds. The molecule has 1 heterocycles. The molecule has 110 valence electrons. The Balaban J connectivity index is 2.21. The fourth-order valence-corrected chi connectivity index (χ4v) is 2.71. The number of primary sulfonamides is 1. The fraction of sp³-hybridized carbons (Fsp3) is 0.0769. The number of nitrogens with zero attached hydrogens (tertiary/aromatic N) is 2. The van der Waals surface area contributed by atoms with Gasteiger partial charge in [0.25, 0.3) is 0 Å². The molecule has 1 aromatic heterocycles. The van der Waals surface area contributed by atoms with Crippen molar-refractivity contribution in [2.24, 2.45) is 10.2 Å². The smallest absolute Gasteiger partial charge is 0.238 e. The molecular formula is C13H13BrN4O2S. The Hall–Kier alpha value is -1.77. The maximum Gasteiger partial charge on any atom is 0.238 e. The third kappa shape index (κ3) is 4.10. The van der Waals surface area contributed by atoms with Crippen LogP contribution >= 0.6 is 15.9 Å². The third-order valence-corrected chi connectivity index (χ3v) is 4.26. The van der Waals surface area contributed by atoms with Crippen molar-refractivity contribution < 1.29 is 8.42 Å². The Bertz CT molecular complexity index is 776. The largest absolute Gasteiger partial charge is 0.277 e. The lowest BCUT2D eigenvalue weighted by Gasteiger charge is -2.07. The summed E-state index contributed by atoms with van der Waals surface area (Å²) < 4.78 is 23.1. The number of anilines is 1. The van der Waals surface area contributed by atoms with E-state index in [0.29, 0.717) is 10.2 Å². The average molecular weight is 369 g/mol. The molecule has 3 N–H and O–H groups in total. The molecule has 0 aliphatic carbocycles. The zero-order chi connectivity index (χ0) is 15.5. The highest BCUT2D eigenvalue weighted by atomic mass is 79.9. The highest BCUT2D eigenvalue weighted by Gasteiger charge is 2.10. The van der Waals surface area contributed by atoms with Crippen LogP contribution in [0.4, 0.5) is 5.69 Å². The van der Waals surface area contributed by atoms with Crippen molar-refractivity contribution >= 4 is 37.4 Å². The Morgan fingerprint density at radius 2 is 2.14 bits per heavy atom. The van der Waals surface area contributed by atoms with Crippen molar-refractivity contribution in [3.05, 3.63) is 52.8 Å². The molecule has 0 aliphatic rings. The minimum Gasteiger partial charge on any atom is -0.277 e. The van der Waals surface area contributed by atoms with Gasteiger partial charge in [-0.05, 0) is 47.1 Å². The van der Waals surface area contributed by atoms with Gasteiger partial charge in [-0.1, -0.05) is 6.07 Å². The summed E-state index contributed by atoms with van der Waals surface area (Å²) in [4.78, 5) is 4.05. The number of sulfonamides is 1. The van der Waals surface area contributed by atoms with Crippen LogP contribution in [0.15, 0.2) is 57.2 Å². The minimum atomic E-state index is -3.72. The molecule has 0 saturated heterocycles. The number of rotatable bonds is 4. The summed E-state index contributed by atoms with van der Waals surface area (Å²) in [5, 5.41) is 9.30. The van der Waals surface area contributed by atoms with E-state index in [1.54, 1.807) is 18.5 Å². The number of halogens is 1. The summed E-state index contributed by atoms with van der Waals surface area (Å²) in [5.74, 6) is 0. The molecule has 0 radical (unpaired) electrons. The van der Waals surface area contributed by atoms with Gasteiger partial charge in [0, 0.05) is 22.4 Å². The monoisotopic (exact) mass is 368 g/mol. The first-order valence-corrected chi connectivity index (χ1v) is 8.25. The van der Waals surface area contributed by atoms with E-state index in [1.165, 1.54) is 12.1 Å². The normalized spacial score (nSPS) is 12.2. The lowest BCUT2D eigenvalue weighted by atomic mass is 10.2. The Morgan fingerprint density at radius 3 is 2.71 bits per heavy atom. The summed E-state index contributed by atoms with van der Waals surface area (Å²) in [6.45, 7) is 1.84. The Kier molecular flexibility index (Phi) is 4.71. The van der Waals surface area contributed by atoms with E-state index in [-0.39, 0.29) is 4.90 Å². The van der Waals surface area contributed by atoms with E-state index in [9.17, 15) is 8.42 Å². The van der Waals surface area contributed by atoms with Crippen LogP contribution in [-0.4, -0.2) is 19.1 Å². The number of nitrogens with one attached hydrogen (secondary N) is 1. The van der Waals surface area contributed by atoms with Gasteiger partial charge in [0.05, 0.1) is 16.3 Å². The van der Waals surface area contributed by atoms with Crippen LogP contribution in [0.25, 0.3) is 0 Å². The Labute approximate surface area is 131 Å². The average Bonchev–Trinajstić information content (AvgIpc) is 2.45. The zero-order valence-electron chi connectivity index (χ0n) is 11.1. The molecule has 2 rings (SSSR count). The number of hydrogen-bond donors (Lipinski definition) is 2. The number of nitrogens with two attached hydrogens (primary N) is 1. The molecule has 0 saturated carbocycles. The molecule has 0 bridgehead atoms. The highest BCUT2D eigenvalue weighted by molar-refractivity contribution is 9.10. The minimum absolute atomic E-state index is 0.0351. The number of pyridine rings is 1. The summed E-state index contributed by atoms with van der Waals surface area (Å²) in [5.41, 5.74) is 5.14. The van der Waals surface area contributed by atoms with Gasteiger partial charge in [-0.15, -0.1) is 0 Å². The second kappa shape index (κ2) is 6.33. The van der Waals surface area contributed by atoms with Crippen molar-refractivity contribution in [3.63, 3.8) is 0 Å². The maximum absolute atomic E-state index is 11.2. The molecule has 0 aliphatic heterocycles. The third-order valence-electron chi connectivity index (χ3n) is 2.69. The second-order valence-electron chi connectivity index (χ2n) is 4.24. The van der Waals surface area contributed by atoms with Crippen LogP contribution in [0.2, 0.25) is 0 Å². The summed E-state index contributed by atoms with van der Waals surface area (Å²) in [6, 6.07) is 8.14. The van der Waals surface area contributed by atoms with E-state index < -0.39 is 10.0 Å². The predicted molar refractivity (Wildman–Crippen MR) is 85.6 cm³/mol. The molecule has 0 spiro atoms. The van der Waals surface area contributed by atoms with E-state index in [2.05, 4.69) is 31.4 Å². The summed E-state index contributed by atoms with van der Waals surface area (Å²) in [7, 11) is -3.72. The number of benzene rings is 1. The van der Waals surface area contributed by atoms with Gasteiger partial charge in [0.2, 0.25) is 10.0 Å². The van der Waals surface area contributed by atoms with Gasteiger partial charge in [-0.25, -0.2) is 13.6 Å². The number of hydrazone groups is 1. The lowest BCUT2D eigenvalue weighted by molar-refractivity contribution is 0.598. The standard InChI is InChI=1S/C13H13BrN4O2S/c1-9(10-3-2-6-16-8-10)17-18-13-5-4-11(7-12(13)14)21(15,19)20/h2-8,18H,1H3,(H2,15,19,20)/b17-9+. The van der Waals surface area contributed by atoms with E-state index in [0.717, 1.165) is 11.3 Å². The highest BCUT2D eigenvalue weighted by Crippen LogP contribution is 2.25. The quantitative estimate of drug-likeness (QED) is 0.639. The Morgan fingerprint density at radius 1 is 1.38 bits per heavy atom. The molecule has 1 aromatic carbocycles. The lowest BCUT2D eigenvalue weighted by Crippen LogP contribution is -2.12. The van der Waals surface area contributed by atoms with Crippen molar-refractivity contribution in [2.45, 2.75) is 11.8 Å². The molecule has 0 atom stereocenters. The molecule has 2 aromatic rings. The van der Waals surface area contributed by atoms with Gasteiger partial charge < -0.3 is 0 Å². The van der Waals surface area contributed by atoms with E-state index in [1.807, 2.05) is 19.1 Å². The van der Waals surface area contributed by atoms with Gasteiger partial charge in [-0.3, -0.25) is 10.4 Å².